The summed E-state index contributed by atoms with van der Waals surface area (Å²) in [5.41, 5.74) is 1.74. The van der Waals surface area contributed by atoms with Gasteiger partial charge in [-0.3, -0.25) is 0 Å². The molecule has 27 heavy (non-hydrogen) atoms. The minimum Gasteiger partial charge on any atom is -1.00 e. The summed E-state index contributed by atoms with van der Waals surface area (Å²) >= 11 is 0. The van der Waals surface area contributed by atoms with Crippen LogP contribution in [0.4, 0.5) is 0 Å². The van der Waals surface area contributed by atoms with Gasteiger partial charge in [-0.15, -0.1) is 0 Å². The molecule has 3 heteroatoms. The first kappa shape index (κ1) is 20.4. The molecule has 2 aliphatic heterocycles. The fourth-order valence-electron chi connectivity index (χ4n) is 5.62. The largest absolute Gasteiger partial charge is 1.00 e. The second kappa shape index (κ2) is 7.93. The average molecular weight is 472 g/mol. The van der Waals surface area contributed by atoms with E-state index in [1.54, 1.807) is 0 Å². The van der Waals surface area contributed by atoms with Gasteiger partial charge in [0, 0.05) is 25.7 Å². The van der Waals surface area contributed by atoms with Gasteiger partial charge in [0.05, 0.1) is 32.2 Å². The summed E-state index contributed by atoms with van der Waals surface area (Å²) in [5.74, 6) is 0.624. The summed E-state index contributed by atoms with van der Waals surface area (Å²) in [6.07, 6.45) is 6.15. The number of rotatable bonds is 4. The molecule has 2 nitrogen and oxygen atoms in total. The molecule has 0 N–H and O–H groups in total. The van der Waals surface area contributed by atoms with Crippen LogP contribution in [0, 0.1) is 17.2 Å². The Hall–Kier alpha value is -1.38. The van der Waals surface area contributed by atoms with Gasteiger partial charge in [-0.2, -0.15) is 5.26 Å². The summed E-state index contributed by atoms with van der Waals surface area (Å²) < 4.78 is 1.19. The predicted molar refractivity (Wildman–Crippen MR) is 106 cm³/mol. The van der Waals surface area contributed by atoms with Crippen molar-refractivity contribution < 1.29 is 28.5 Å². The number of piperidine rings is 1. The molecule has 2 heterocycles. The SMILES string of the molecule is C[N+]1(C)[C@@H]2CC[C@H]1CC(CC(C#N)(c1ccccc1)c1ccccc1)C2.[I-]. The van der Waals surface area contributed by atoms with Crippen molar-refractivity contribution in [1.29, 1.82) is 5.26 Å². The van der Waals surface area contributed by atoms with Crippen LogP contribution in [0.25, 0.3) is 0 Å². The Kier molecular flexibility index (Phi) is 5.98. The van der Waals surface area contributed by atoms with E-state index in [0.717, 1.165) is 29.6 Å². The third kappa shape index (κ3) is 3.54. The first-order chi connectivity index (χ1) is 12.6. The Morgan fingerprint density at radius 3 is 1.74 bits per heavy atom. The van der Waals surface area contributed by atoms with E-state index in [9.17, 15) is 5.26 Å². The van der Waals surface area contributed by atoms with E-state index in [4.69, 9.17) is 0 Å². The molecule has 2 bridgehead atoms. The number of hydrogen-bond donors (Lipinski definition) is 0. The van der Waals surface area contributed by atoms with Crippen molar-refractivity contribution >= 4 is 0 Å². The minimum atomic E-state index is -0.541. The molecule has 2 aromatic carbocycles. The highest BCUT2D eigenvalue weighted by Crippen LogP contribution is 2.47. The van der Waals surface area contributed by atoms with Crippen LogP contribution < -0.4 is 24.0 Å². The molecule has 0 radical (unpaired) electrons. The summed E-state index contributed by atoms with van der Waals surface area (Å²) in [6, 6.07) is 25.2. The molecular weight excluding hydrogens is 443 g/mol. The molecule has 0 aromatic heterocycles. The standard InChI is InChI=1S/C24H29N2.HI/c1-26(2)22-13-14-23(26)16-19(15-22)17-24(18-25,20-9-5-3-6-10-20)21-11-7-4-8-12-21;/h3-12,19,22-23H,13-17H2,1-2H3;1H/q+1;/p-1/t19?,22-,23+;. The first-order valence-electron chi connectivity index (χ1n) is 9.92. The lowest BCUT2D eigenvalue weighted by Crippen LogP contribution is -3.00. The number of nitrogens with zero attached hydrogens (tertiary/aromatic N) is 2. The maximum atomic E-state index is 10.4. The second-order valence-electron chi connectivity index (χ2n) is 8.80. The van der Waals surface area contributed by atoms with Crippen LogP contribution >= 0.6 is 0 Å². The van der Waals surface area contributed by atoms with E-state index >= 15 is 0 Å². The second-order valence-corrected chi connectivity index (χ2v) is 8.80. The highest BCUT2D eigenvalue weighted by Gasteiger charge is 2.50. The lowest BCUT2D eigenvalue weighted by Gasteiger charge is -2.45. The van der Waals surface area contributed by atoms with Crippen molar-refractivity contribution in [2.45, 2.75) is 49.6 Å². The molecule has 3 atom stereocenters. The Bertz CT molecular complexity index is 739. The number of nitriles is 1. The van der Waals surface area contributed by atoms with E-state index < -0.39 is 5.41 Å². The van der Waals surface area contributed by atoms with Crippen molar-refractivity contribution in [3.8, 4) is 6.07 Å². The van der Waals surface area contributed by atoms with Gasteiger partial charge in [-0.25, -0.2) is 0 Å². The maximum Gasteiger partial charge on any atom is 0.107 e. The molecule has 0 saturated carbocycles. The van der Waals surface area contributed by atoms with Crippen LogP contribution in [0.3, 0.4) is 0 Å². The summed E-state index contributed by atoms with van der Waals surface area (Å²) in [7, 11) is 4.81. The van der Waals surface area contributed by atoms with Gasteiger partial charge < -0.3 is 28.5 Å². The number of hydrogen-bond acceptors (Lipinski definition) is 1. The quantitative estimate of drug-likeness (QED) is 0.493. The topological polar surface area (TPSA) is 23.8 Å². The Morgan fingerprint density at radius 2 is 1.33 bits per heavy atom. The van der Waals surface area contributed by atoms with Gasteiger partial charge in [0.25, 0.3) is 0 Å². The van der Waals surface area contributed by atoms with E-state index in [-0.39, 0.29) is 24.0 Å². The van der Waals surface area contributed by atoms with E-state index in [1.807, 2.05) is 12.1 Å². The molecule has 2 aliphatic rings. The molecule has 1 unspecified atom stereocenters. The molecule has 0 amide bonds. The zero-order valence-electron chi connectivity index (χ0n) is 16.3. The van der Waals surface area contributed by atoms with E-state index in [0.29, 0.717) is 5.92 Å². The molecule has 0 spiro atoms. The Morgan fingerprint density at radius 1 is 0.889 bits per heavy atom. The third-order valence-electron chi connectivity index (χ3n) is 7.25. The van der Waals surface area contributed by atoms with Crippen molar-refractivity contribution in [3.05, 3.63) is 71.8 Å². The van der Waals surface area contributed by atoms with E-state index in [2.05, 4.69) is 68.7 Å². The van der Waals surface area contributed by atoms with Gasteiger partial charge in [0.1, 0.15) is 5.41 Å². The van der Waals surface area contributed by atoms with Gasteiger partial charge in [-0.1, -0.05) is 60.7 Å². The smallest absolute Gasteiger partial charge is 0.107 e. The number of quaternary nitrogens is 1. The zero-order chi connectivity index (χ0) is 18.2. The lowest BCUT2D eigenvalue weighted by molar-refractivity contribution is -0.931. The fraction of sp³-hybridized carbons (Fsp3) is 0.458. The molecule has 2 saturated heterocycles. The normalized spacial score (nSPS) is 26.0. The third-order valence-corrected chi connectivity index (χ3v) is 7.25. The molecule has 142 valence electrons. The van der Waals surface area contributed by atoms with Gasteiger partial charge in [0.15, 0.2) is 0 Å². The predicted octanol–water partition coefficient (Wildman–Crippen LogP) is 1.91. The number of benzene rings is 2. The monoisotopic (exact) mass is 472 g/mol. The highest BCUT2D eigenvalue weighted by atomic mass is 127. The van der Waals surface area contributed by atoms with E-state index in [1.165, 1.54) is 30.2 Å². The van der Waals surface area contributed by atoms with Crippen molar-refractivity contribution in [3.63, 3.8) is 0 Å². The van der Waals surface area contributed by atoms with Crippen molar-refractivity contribution in [2.24, 2.45) is 5.92 Å². The van der Waals surface area contributed by atoms with Crippen LogP contribution in [0.15, 0.2) is 60.7 Å². The Labute approximate surface area is 180 Å². The van der Waals surface area contributed by atoms with Gasteiger partial charge in [0.2, 0.25) is 0 Å². The van der Waals surface area contributed by atoms with Crippen LogP contribution in [-0.2, 0) is 5.41 Å². The summed E-state index contributed by atoms with van der Waals surface area (Å²) in [4.78, 5) is 0. The number of fused-ring (bicyclic) bond motifs is 2. The molecule has 4 rings (SSSR count). The fourth-order valence-corrected chi connectivity index (χ4v) is 5.62. The molecule has 2 aromatic rings. The average Bonchev–Trinajstić information content (AvgIpc) is 2.85. The molecule has 2 fully saturated rings. The van der Waals surface area contributed by atoms with Crippen molar-refractivity contribution in [1.82, 2.24) is 0 Å². The first-order valence-corrected chi connectivity index (χ1v) is 9.92. The van der Waals surface area contributed by atoms with Crippen LogP contribution in [-0.4, -0.2) is 30.7 Å². The maximum absolute atomic E-state index is 10.4. The Balaban J connectivity index is 0.00000210. The van der Waals surface area contributed by atoms with Crippen molar-refractivity contribution in [2.75, 3.05) is 14.1 Å². The van der Waals surface area contributed by atoms with Crippen LogP contribution in [0.1, 0.15) is 43.2 Å². The lowest BCUT2D eigenvalue weighted by atomic mass is 9.67. The summed E-state index contributed by atoms with van der Waals surface area (Å²) in [5, 5.41) is 10.4. The minimum absolute atomic E-state index is 0. The number of halogens is 1. The van der Waals surface area contributed by atoms with Gasteiger partial charge >= 0.3 is 0 Å². The molecule has 0 aliphatic carbocycles. The summed E-state index contributed by atoms with van der Waals surface area (Å²) in [6.45, 7) is 0. The highest BCUT2D eigenvalue weighted by molar-refractivity contribution is 5.45. The molecular formula is C24H29IN2. The van der Waals surface area contributed by atoms with Gasteiger partial charge in [-0.05, 0) is 23.5 Å². The van der Waals surface area contributed by atoms with Crippen LogP contribution in [0.5, 0.6) is 0 Å². The zero-order valence-corrected chi connectivity index (χ0v) is 18.5. The van der Waals surface area contributed by atoms with Crippen LogP contribution in [0.2, 0.25) is 0 Å².